The Morgan fingerprint density at radius 2 is 1.65 bits per heavy atom. The van der Waals surface area contributed by atoms with E-state index in [-0.39, 0.29) is 0 Å². The van der Waals surface area contributed by atoms with Crippen LogP contribution in [0.5, 0.6) is 0 Å². The number of rotatable bonds is 1. The summed E-state index contributed by atoms with van der Waals surface area (Å²) >= 11 is 0. The number of aryl methyl sites for hydroxylation is 3. The summed E-state index contributed by atoms with van der Waals surface area (Å²) in [5.41, 5.74) is 11.4. The second kappa shape index (κ2) is 6.30. The van der Waals surface area contributed by atoms with Gasteiger partial charge in [0.1, 0.15) is 7.05 Å². The zero-order chi connectivity index (χ0) is 22.9. The van der Waals surface area contributed by atoms with E-state index in [4.69, 9.17) is 0 Å². The summed E-state index contributed by atoms with van der Waals surface area (Å²) in [6, 6.07) is 16.5. The van der Waals surface area contributed by atoms with Crippen LogP contribution in [0.1, 0.15) is 53.9 Å². The molecule has 2 aliphatic rings. The molecule has 0 radical (unpaired) electrons. The Kier molecular flexibility index (Phi) is 3.56. The van der Waals surface area contributed by atoms with E-state index in [1.54, 1.807) is 5.56 Å². The minimum atomic E-state index is 0.733. The number of hydrogen-bond donors (Lipinski definition) is 0. The van der Waals surface area contributed by atoms with Crippen molar-refractivity contribution in [3.8, 4) is 0 Å². The molecule has 3 unspecified atom stereocenters. The summed E-state index contributed by atoms with van der Waals surface area (Å²) in [7, 11) is 2.22. The number of benzene rings is 3. The summed E-state index contributed by atoms with van der Waals surface area (Å²) in [5.74, 6) is 2.58. The molecule has 3 aromatic heterocycles. The normalized spacial score (nSPS) is 22.5. The van der Waals surface area contributed by atoms with E-state index in [0.717, 1.165) is 17.8 Å². The molecule has 0 N–H and O–H groups in total. The second-order valence-corrected chi connectivity index (χ2v) is 11.4. The molecule has 0 spiro atoms. The van der Waals surface area contributed by atoms with Crippen LogP contribution in [0.4, 0.5) is 0 Å². The summed E-state index contributed by atoms with van der Waals surface area (Å²) in [5, 5.41) is 7.05. The van der Waals surface area contributed by atoms with Crippen molar-refractivity contribution in [2.45, 2.75) is 52.4 Å². The van der Waals surface area contributed by atoms with Gasteiger partial charge in [0.25, 0.3) is 0 Å². The lowest BCUT2D eigenvalue weighted by Crippen LogP contribution is -2.29. The molecular weight excluding hydrogens is 412 g/mol. The third-order valence-electron chi connectivity index (χ3n) is 9.87. The number of para-hydroxylation sites is 1. The van der Waals surface area contributed by atoms with E-state index in [1.807, 2.05) is 0 Å². The van der Waals surface area contributed by atoms with Gasteiger partial charge in [0.2, 0.25) is 5.52 Å². The zero-order valence-corrected chi connectivity index (χ0v) is 20.6. The van der Waals surface area contributed by atoms with Gasteiger partial charge in [0.15, 0.2) is 6.20 Å². The van der Waals surface area contributed by atoms with E-state index in [0.29, 0.717) is 0 Å². The van der Waals surface area contributed by atoms with Crippen molar-refractivity contribution < 1.29 is 4.57 Å². The monoisotopic (exact) mass is 443 g/mol. The molecule has 168 valence electrons. The highest BCUT2D eigenvalue weighted by atomic mass is 15.0. The van der Waals surface area contributed by atoms with Gasteiger partial charge in [0.05, 0.1) is 27.3 Å². The Hall–Kier alpha value is -3.13. The molecule has 3 heterocycles. The lowest BCUT2D eigenvalue weighted by atomic mass is 9.82. The number of fused-ring (bicyclic) bond motifs is 7. The molecule has 0 saturated heterocycles. The lowest BCUT2D eigenvalue weighted by molar-refractivity contribution is -0.643. The molecule has 34 heavy (non-hydrogen) atoms. The topological polar surface area (TPSA) is 8.29 Å². The van der Waals surface area contributed by atoms with Crippen molar-refractivity contribution in [3.63, 3.8) is 0 Å². The number of aromatic nitrogens is 2. The average Bonchev–Trinajstić information content (AvgIpc) is 3.57. The number of nitrogens with zero attached hydrogens (tertiary/aromatic N) is 2. The standard InChI is InChI=1S/C32H31N2/c1-17-18(2)28-24-7-5-6-8-26(24)34-27-16-23(25-14-20-9-10-21(25)13-20)15-22-11-12-33(4)31(30(22)27)29(19(17)3)32(28)34/h5-8,11-12,15-16,20-21,25H,9-10,13-14H2,1-4H3/q+1. The maximum absolute atomic E-state index is 2.62. The first-order chi connectivity index (χ1) is 16.5. The van der Waals surface area contributed by atoms with Gasteiger partial charge >= 0.3 is 0 Å². The second-order valence-electron chi connectivity index (χ2n) is 11.4. The van der Waals surface area contributed by atoms with Crippen LogP contribution in [0.15, 0.2) is 48.7 Å². The SMILES string of the molecule is Cc1c(C)c2c3ccccc3n3c4cc(C5CC6CCC5C6)cc5cc[n+](C)c(c(c1C)c23)c54. The highest BCUT2D eigenvalue weighted by Gasteiger charge is 2.40. The Bertz CT molecular complexity index is 1820. The first-order valence-electron chi connectivity index (χ1n) is 13.0. The molecule has 3 atom stereocenters. The van der Waals surface area contributed by atoms with E-state index in [2.05, 4.69) is 85.4 Å². The molecule has 6 aromatic rings. The number of pyridine rings is 2. The van der Waals surface area contributed by atoms with Gasteiger partial charge in [0, 0.05) is 16.8 Å². The van der Waals surface area contributed by atoms with E-state index < -0.39 is 0 Å². The fourth-order valence-corrected chi connectivity index (χ4v) is 8.08. The van der Waals surface area contributed by atoms with Crippen molar-refractivity contribution in [2.24, 2.45) is 18.9 Å². The molecule has 0 aliphatic heterocycles. The maximum atomic E-state index is 2.62. The Morgan fingerprint density at radius 1 is 0.824 bits per heavy atom. The van der Waals surface area contributed by atoms with Gasteiger partial charge in [-0.1, -0.05) is 30.7 Å². The highest BCUT2D eigenvalue weighted by molar-refractivity contribution is 6.26. The van der Waals surface area contributed by atoms with E-state index in [1.165, 1.54) is 91.4 Å². The Labute approximate surface area is 200 Å². The first kappa shape index (κ1) is 19.2. The predicted molar refractivity (Wildman–Crippen MR) is 142 cm³/mol. The largest absolute Gasteiger partial charge is 0.307 e. The van der Waals surface area contributed by atoms with Crippen molar-refractivity contribution >= 4 is 49.0 Å². The molecule has 2 aliphatic carbocycles. The molecule has 8 rings (SSSR count). The molecule has 2 saturated carbocycles. The quantitative estimate of drug-likeness (QED) is 0.140. The summed E-state index contributed by atoms with van der Waals surface area (Å²) < 4.78 is 4.98. The number of hydrogen-bond acceptors (Lipinski definition) is 0. The third kappa shape index (κ3) is 2.16. The van der Waals surface area contributed by atoms with Crippen molar-refractivity contribution in [1.82, 2.24) is 4.40 Å². The van der Waals surface area contributed by atoms with Crippen LogP contribution in [0.2, 0.25) is 0 Å². The smallest absolute Gasteiger partial charge is 0.224 e. The molecular formula is C32H31N2+. The lowest BCUT2D eigenvalue weighted by Gasteiger charge is -2.23. The summed E-state index contributed by atoms with van der Waals surface area (Å²) in [4.78, 5) is 0. The summed E-state index contributed by atoms with van der Waals surface area (Å²) in [6.45, 7) is 6.95. The molecule has 2 nitrogen and oxygen atoms in total. The Morgan fingerprint density at radius 3 is 2.44 bits per heavy atom. The van der Waals surface area contributed by atoms with Gasteiger partial charge in [-0.25, -0.2) is 4.57 Å². The molecule has 3 aromatic carbocycles. The van der Waals surface area contributed by atoms with E-state index in [9.17, 15) is 0 Å². The van der Waals surface area contributed by atoms with Crippen LogP contribution in [0.25, 0.3) is 49.0 Å². The fraction of sp³-hybridized carbons (Fsp3) is 0.344. The van der Waals surface area contributed by atoms with E-state index >= 15 is 0 Å². The van der Waals surface area contributed by atoms with Gasteiger partial charge < -0.3 is 4.40 Å². The summed E-state index contributed by atoms with van der Waals surface area (Å²) in [6.07, 6.45) is 8.00. The van der Waals surface area contributed by atoms with Crippen LogP contribution < -0.4 is 4.57 Å². The molecule has 2 fully saturated rings. The Balaban J connectivity index is 1.66. The highest BCUT2D eigenvalue weighted by Crippen LogP contribution is 2.54. The van der Waals surface area contributed by atoms with Gasteiger partial charge in [-0.3, -0.25) is 0 Å². The van der Waals surface area contributed by atoms with Gasteiger partial charge in [-0.15, -0.1) is 0 Å². The average molecular weight is 444 g/mol. The van der Waals surface area contributed by atoms with Crippen molar-refractivity contribution in [3.05, 3.63) is 70.9 Å². The van der Waals surface area contributed by atoms with Crippen molar-refractivity contribution in [1.29, 1.82) is 0 Å². The predicted octanol–water partition coefficient (Wildman–Crippen LogP) is 7.64. The third-order valence-corrected chi connectivity index (χ3v) is 9.87. The first-order valence-corrected chi connectivity index (χ1v) is 13.0. The molecule has 0 amide bonds. The van der Waals surface area contributed by atoms with Gasteiger partial charge in [-0.05, 0) is 97.6 Å². The van der Waals surface area contributed by atoms with Crippen LogP contribution in [0.3, 0.4) is 0 Å². The fourth-order valence-electron chi connectivity index (χ4n) is 8.08. The van der Waals surface area contributed by atoms with Crippen molar-refractivity contribution in [2.75, 3.05) is 0 Å². The minimum Gasteiger partial charge on any atom is -0.307 e. The van der Waals surface area contributed by atoms with Crippen LogP contribution in [-0.2, 0) is 7.05 Å². The zero-order valence-electron chi connectivity index (χ0n) is 20.6. The van der Waals surface area contributed by atoms with Crippen LogP contribution in [0, 0.1) is 32.6 Å². The van der Waals surface area contributed by atoms with Gasteiger partial charge in [-0.2, -0.15) is 0 Å². The minimum absolute atomic E-state index is 0.733. The molecule has 2 bridgehead atoms. The maximum Gasteiger partial charge on any atom is 0.224 e. The molecule has 2 heteroatoms. The van der Waals surface area contributed by atoms with Crippen LogP contribution >= 0.6 is 0 Å². The van der Waals surface area contributed by atoms with Crippen LogP contribution in [-0.4, -0.2) is 4.40 Å².